The van der Waals surface area contributed by atoms with Crippen molar-refractivity contribution >= 4 is 11.3 Å². The molecule has 1 aromatic heterocycles. The van der Waals surface area contributed by atoms with Gasteiger partial charge < -0.3 is 5.32 Å². The molecule has 1 saturated heterocycles. The fourth-order valence-corrected chi connectivity index (χ4v) is 4.02. The minimum absolute atomic E-state index is 0.153. The molecule has 0 amide bonds. The van der Waals surface area contributed by atoms with Gasteiger partial charge in [-0.15, -0.1) is 11.3 Å². The van der Waals surface area contributed by atoms with Crippen LogP contribution in [0.2, 0.25) is 0 Å². The summed E-state index contributed by atoms with van der Waals surface area (Å²) >= 11 is 1.85. The number of hydrogen-bond donors (Lipinski definition) is 1. The normalized spacial score (nSPS) is 17.8. The van der Waals surface area contributed by atoms with Gasteiger partial charge in [-0.3, -0.25) is 4.90 Å². The molecule has 112 valence electrons. The molecule has 1 N–H and O–H groups in total. The average Bonchev–Trinajstić information content (AvgIpc) is 2.97. The highest BCUT2D eigenvalue weighted by Crippen LogP contribution is 2.34. The van der Waals surface area contributed by atoms with Gasteiger partial charge in [-0.2, -0.15) is 0 Å². The lowest BCUT2D eigenvalue weighted by Gasteiger charge is -2.34. The number of aryl methyl sites for hydroxylation is 1. The monoisotopic (exact) mass is 304 g/mol. The average molecular weight is 304 g/mol. The van der Waals surface area contributed by atoms with Crippen LogP contribution in [0.1, 0.15) is 28.3 Å². The van der Waals surface area contributed by atoms with Gasteiger partial charge in [-0.1, -0.05) is 19.1 Å². The Balaban J connectivity index is 1.97. The first-order valence-corrected chi connectivity index (χ1v) is 8.38. The lowest BCUT2D eigenvalue weighted by atomic mass is 10.0. The van der Waals surface area contributed by atoms with Crippen molar-refractivity contribution < 1.29 is 4.39 Å². The van der Waals surface area contributed by atoms with Gasteiger partial charge in [0.05, 0.1) is 6.04 Å². The van der Waals surface area contributed by atoms with Gasteiger partial charge in [-0.05, 0) is 36.2 Å². The van der Waals surface area contributed by atoms with E-state index in [-0.39, 0.29) is 11.9 Å². The van der Waals surface area contributed by atoms with Gasteiger partial charge in [0.2, 0.25) is 0 Å². The largest absolute Gasteiger partial charge is 0.314 e. The maximum Gasteiger partial charge on any atom is 0.123 e. The van der Waals surface area contributed by atoms with Crippen LogP contribution in [-0.2, 0) is 6.42 Å². The summed E-state index contributed by atoms with van der Waals surface area (Å²) in [6.45, 7) is 6.17. The fraction of sp³-hybridized carbons (Fsp3) is 0.412. The van der Waals surface area contributed by atoms with Crippen LogP contribution in [0.3, 0.4) is 0 Å². The zero-order valence-corrected chi connectivity index (χ0v) is 13.1. The van der Waals surface area contributed by atoms with Crippen molar-refractivity contribution in [2.45, 2.75) is 19.4 Å². The molecule has 3 rings (SSSR count). The van der Waals surface area contributed by atoms with Gasteiger partial charge in [0.25, 0.3) is 0 Å². The third-order valence-corrected chi connectivity index (χ3v) is 5.26. The molecular weight excluding hydrogens is 283 g/mol. The summed E-state index contributed by atoms with van der Waals surface area (Å²) in [4.78, 5) is 5.16. The summed E-state index contributed by atoms with van der Waals surface area (Å²) in [5.74, 6) is -0.153. The molecule has 0 spiro atoms. The zero-order chi connectivity index (χ0) is 14.7. The number of nitrogens with zero attached hydrogens (tertiary/aromatic N) is 1. The molecule has 0 bridgehead atoms. The van der Waals surface area contributed by atoms with Crippen LogP contribution in [0.25, 0.3) is 0 Å². The third-order valence-electron chi connectivity index (χ3n) is 3.98. The minimum atomic E-state index is -0.153. The Hall–Kier alpha value is -1.23. The number of thiophene rings is 1. The molecule has 0 radical (unpaired) electrons. The molecule has 1 fully saturated rings. The van der Waals surface area contributed by atoms with Gasteiger partial charge >= 0.3 is 0 Å². The number of nitrogens with one attached hydrogen (secondary N) is 1. The highest BCUT2D eigenvalue weighted by atomic mass is 32.1. The van der Waals surface area contributed by atoms with Crippen LogP contribution in [0.15, 0.2) is 36.4 Å². The van der Waals surface area contributed by atoms with Crippen molar-refractivity contribution in [3.05, 3.63) is 57.5 Å². The zero-order valence-electron chi connectivity index (χ0n) is 12.3. The highest BCUT2D eigenvalue weighted by Gasteiger charge is 2.25. The topological polar surface area (TPSA) is 15.3 Å². The Morgan fingerprint density at radius 1 is 1.24 bits per heavy atom. The predicted octanol–water partition coefficient (Wildman–Crippen LogP) is 3.44. The first-order valence-electron chi connectivity index (χ1n) is 7.57. The van der Waals surface area contributed by atoms with E-state index in [0.29, 0.717) is 0 Å². The SMILES string of the molecule is CCc1ccc(C(c2cccc(F)c2)N2CCNCC2)s1. The lowest BCUT2D eigenvalue weighted by molar-refractivity contribution is 0.200. The molecule has 0 aliphatic carbocycles. The van der Waals surface area contributed by atoms with Gasteiger partial charge in [0, 0.05) is 35.9 Å². The van der Waals surface area contributed by atoms with Gasteiger partial charge in [0.15, 0.2) is 0 Å². The minimum Gasteiger partial charge on any atom is -0.314 e. The summed E-state index contributed by atoms with van der Waals surface area (Å²) < 4.78 is 13.7. The Labute approximate surface area is 129 Å². The molecule has 1 aromatic carbocycles. The number of piperazine rings is 1. The second-order valence-electron chi connectivity index (χ2n) is 5.40. The molecule has 2 nitrogen and oxygen atoms in total. The number of halogens is 1. The van der Waals surface area contributed by atoms with Gasteiger partial charge in [0.1, 0.15) is 5.82 Å². The van der Waals surface area contributed by atoms with E-state index in [1.54, 1.807) is 6.07 Å². The summed E-state index contributed by atoms with van der Waals surface area (Å²) in [5, 5.41) is 3.39. The highest BCUT2D eigenvalue weighted by molar-refractivity contribution is 7.12. The summed E-state index contributed by atoms with van der Waals surface area (Å²) in [6.07, 6.45) is 1.06. The Kier molecular flexibility index (Phi) is 4.68. The molecule has 21 heavy (non-hydrogen) atoms. The predicted molar refractivity (Wildman–Crippen MR) is 86.4 cm³/mol. The maximum atomic E-state index is 13.7. The molecule has 2 heterocycles. The van der Waals surface area contributed by atoms with Crippen LogP contribution < -0.4 is 5.32 Å². The van der Waals surface area contributed by atoms with Crippen molar-refractivity contribution in [1.29, 1.82) is 0 Å². The molecule has 2 aromatic rings. The van der Waals surface area contributed by atoms with Crippen molar-refractivity contribution in [2.75, 3.05) is 26.2 Å². The molecule has 1 atom stereocenters. The van der Waals surface area contributed by atoms with E-state index in [1.165, 1.54) is 15.8 Å². The van der Waals surface area contributed by atoms with E-state index in [4.69, 9.17) is 0 Å². The van der Waals surface area contributed by atoms with Crippen molar-refractivity contribution in [2.24, 2.45) is 0 Å². The van der Waals surface area contributed by atoms with Crippen LogP contribution >= 0.6 is 11.3 Å². The van der Waals surface area contributed by atoms with E-state index >= 15 is 0 Å². The van der Waals surface area contributed by atoms with E-state index in [1.807, 2.05) is 23.5 Å². The fourth-order valence-electron chi connectivity index (χ4n) is 2.90. The summed E-state index contributed by atoms with van der Waals surface area (Å²) in [7, 11) is 0. The maximum absolute atomic E-state index is 13.7. The van der Waals surface area contributed by atoms with E-state index in [2.05, 4.69) is 29.3 Å². The van der Waals surface area contributed by atoms with Crippen LogP contribution in [-0.4, -0.2) is 31.1 Å². The van der Waals surface area contributed by atoms with Crippen molar-refractivity contribution in [1.82, 2.24) is 10.2 Å². The van der Waals surface area contributed by atoms with E-state index in [0.717, 1.165) is 38.2 Å². The Bertz CT molecular complexity index is 590. The Morgan fingerprint density at radius 2 is 2.05 bits per heavy atom. The van der Waals surface area contributed by atoms with Crippen molar-refractivity contribution in [3.8, 4) is 0 Å². The van der Waals surface area contributed by atoms with Crippen LogP contribution in [0, 0.1) is 5.82 Å². The molecule has 1 aliphatic rings. The van der Waals surface area contributed by atoms with Gasteiger partial charge in [-0.25, -0.2) is 4.39 Å². The number of hydrogen-bond acceptors (Lipinski definition) is 3. The molecular formula is C17H21FN2S. The van der Waals surface area contributed by atoms with E-state index in [9.17, 15) is 4.39 Å². The molecule has 1 aliphatic heterocycles. The molecule has 0 saturated carbocycles. The molecule has 1 unspecified atom stereocenters. The van der Waals surface area contributed by atoms with Crippen LogP contribution in [0.5, 0.6) is 0 Å². The smallest absolute Gasteiger partial charge is 0.123 e. The third kappa shape index (κ3) is 3.34. The summed E-state index contributed by atoms with van der Waals surface area (Å²) in [5.41, 5.74) is 1.06. The second kappa shape index (κ2) is 6.69. The van der Waals surface area contributed by atoms with E-state index < -0.39 is 0 Å². The standard InChI is InChI=1S/C17H21FN2S/c1-2-15-6-7-16(21-15)17(20-10-8-19-9-11-20)13-4-3-5-14(18)12-13/h3-7,12,17,19H,2,8-11H2,1H3. The lowest BCUT2D eigenvalue weighted by Crippen LogP contribution is -2.45. The second-order valence-corrected chi connectivity index (χ2v) is 6.60. The first kappa shape index (κ1) is 14.7. The number of rotatable bonds is 4. The molecule has 4 heteroatoms. The van der Waals surface area contributed by atoms with Crippen LogP contribution in [0.4, 0.5) is 4.39 Å². The quantitative estimate of drug-likeness (QED) is 0.931. The first-order chi connectivity index (χ1) is 10.3. The summed E-state index contributed by atoms with van der Waals surface area (Å²) in [6, 6.07) is 11.6. The number of benzene rings is 1. The Morgan fingerprint density at radius 3 is 2.71 bits per heavy atom. The van der Waals surface area contributed by atoms with Crippen molar-refractivity contribution in [3.63, 3.8) is 0 Å².